The van der Waals surface area contributed by atoms with Crippen LogP contribution in [0.25, 0.3) is 11.0 Å². The van der Waals surface area contributed by atoms with Gasteiger partial charge in [0.25, 0.3) is 5.91 Å². The van der Waals surface area contributed by atoms with Crippen molar-refractivity contribution in [3.05, 3.63) is 23.0 Å². The lowest BCUT2D eigenvalue weighted by molar-refractivity contribution is 0.0795. The summed E-state index contributed by atoms with van der Waals surface area (Å²) >= 11 is 0. The quantitative estimate of drug-likeness (QED) is 0.853. The largest absolute Gasteiger partial charge is 0.342 e. The fourth-order valence-electron chi connectivity index (χ4n) is 2.92. The summed E-state index contributed by atoms with van der Waals surface area (Å²) in [4.78, 5) is 19.5. The van der Waals surface area contributed by atoms with Crippen LogP contribution in [0.5, 0.6) is 0 Å². The molecule has 0 spiro atoms. The summed E-state index contributed by atoms with van der Waals surface area (Å²) in [6.45, 7) is 4.88. The monoisotopic (exact) mass is 300 g/mol. The molecule has 1 amide bonds. The van der Waals surface area contributed by atoms with Crippen molar-refractivity contribution in [2.24, 2.45) is 7.05 Å². The third-order valence-corrected chi connectivity index (χ3v) is 4.41. The highest BCUT2D eigenvalue weighted by Crippen LogP contribution is 2.40. The molecule has 0 aliphatic heterocycles. The van der Waals surface area contributed by atoms with Gasteiger partial charge in [-0.3, -0.25) is 9.48 Å². The molecule has 0 radical (unpaired) electrons. The molecular weight excluding hydrogens is 276 g/mol. The Balaban J connectivity index is 2.08. The minimum absolute atomic E-state index is 0.0823. The van der Waals surface area contributed by atoms with Gasteiger partial charge in [0.1, 0.15) is 0 Å². The highest BCUT2D eigenvalue weighted by Gasteiger charge is 2.29. The average molecular weight is 300 g/mol. The summed E-state index contributed by atoms with van der Waals surface area (Å²) in [5.41, 5.74) is 3.51. The highest BCUT2D eigenvalue weighted by molar-refractivity contribution is 6.06. The van der Waals surface area contributed by atoms with Crippen LogP contribution in [-0.4, -0.2) is 39.2 Å². The zero-order chi connectivity index (χ0) is 15.9. The van der Waals surface area contributed by atoms with Crippen LogP contribution in [-0.2, 0) is 7.05 Å². The molecule has 0 N–H and O–H groups in total. The Morgan fingerprint density at radius 1 is 1.45 bits per heavy atom. The van der Waals surface area contributed by atoms with Crippen molar-refractivity contribution in [2.75, 3.05) is 13.6 Å². The number of pyridine rings is 1. The second kappa shape index (κ2) is 5.71. The maximum Gasteiger partial charge on any atom is 0.254 e. The summed E-state index contributed by atoms with van der Waals surface area (Å²) < 4.78 is 1.79. The van der Waals surface area contributed by atoms with Gasteiger partial charge in [-0.05, 0) is 32.3 Å². The molecule has 5 heteroatoms. The Morgan fingerprint density at radius 3 is 2.82 bits per heavy atom. The minimum Gasteiger partial charge on any atom is -0.342 e. The van der Waals surface area contributed by atoms with E-state index in [0.29, 0.717) is 5.92 Å². The van der Waals surface area contributed by atoms with Crippen molar-refractivity contribution >= 4 is 16.9 Å². The summed E-state index contributed by atoms with van der Waals surface area (Å²) in [5.74, 6) is 0.603. The minimum atomic E-state index is 0.0823. The Morgan fingerprint density at radius 2 is 2.18 bits per heavy atom. The van der Waals surface area contributed by atoms with Crippen LogP contribution in [0.1, 0.15) is 60.3 Å². The molecule has 1 saturated carbocycles. The molecule has 1 fully saturated rings. The molecule has 0 saturated heterocycles. The van der Waals surface area contributed by atoms with Crippen LogP contribution < -0.4 is 0 Å². The van der Waals surface area contributed by atoms with Gasteiger partial charge in [-0.15, -0.1) is 0 Å². The van der Waals surface area contributed by atoms with Gasteiger partial charge in [0, 0.05) is 32.3 Å². The van der Waals surface area contributed by atoms with E-state index in [1.54, 1.807) is 4.68 Å². The van der Waals surface area contributed by atoms with Crippen molar-refractivity contribution < 1.29 is 4.79 Å². The fourth-order valence-corrected chi connectivity index (χ4v) is 2.92. The molecule has 118 valence electrons. The number of unbranched alkanes of at least 4 members (excludes halogenated alkanes) is 1. The van der Waals surface area contributed by atoms with E-state index in [1.165, 1.54) is 12.8 Å². The van der Waals surface area contributed by atoms with Crippen molar-refractivity contribution in [3.63, 3.8) is 0 Å². The van der Waals surface area contributed by atoms with Crippen LogP contribution >= 0.6 is 0 Å². The molecule has 2 aromatic heterocycles. The van der Waals surface area contributed by atoms with Crippen molar-refractivity contribution in [2.45, 2.75) is 45.4 Å². The molecular formula is C17H24N4O. The first-order chi connectivity index (χ1) is 10.5. The molecule has 1 aliphatic rings. The summed E-state index contributed by atoms with van der Waals surface area (Å²) in [6, 6.07) is 2.00. The Labute approximate surface area is 131 Å². The number of carbonyl (C=O) groups is 1. The molecule has 0 atom stereocenters. The number of carbonyl (C=O) groups excluding carboxylic acids is 1. The molecule has 3 rings (SSSR count). The number of nitrogens with zero attached hydrogens (tertiary/aromatic N) is 4. The van der Waals surface area contributed by atoms with Crippen LogP contribution in [0, 0.1) is 6.92 Å². The second-order valence-corrected chi connectivity index (χ2v) is 6.36. The number of aryl methyl sites for hydroxylation is 2. The van der Waals surface area contributed by atoms with Crippen LogP contribution in [0.2, 0.25) is 0 Å². The molecule has 22 heavy (non-hydrogen) atoms. The van der Waals surface area contributed by atoms with Crippen LogP contribution in [0.4, 0.5) is 0 Å². The van der Waals surface area contributed by atoms with E-state index in [1.807, 2.05) is 32.0 Å². The standard InChI is InChI=1S/C17H24N4O/c1-5-6-9-20(3)17(22)13-10-14(12-7-8-12)18-16-15(13)11(2)19-21(16)4/h10,12H,5-9H2,1-4H3. The van der Waals surface area contributed by atoms with Gasteiger partial charge >= 0.3 is 0 Å². The third kappa shape index (κ3) is 2.60. The van der Waals surface area contributed by atoms with E-state index < -0.39 is 0 Å². The molecule has 2 aromatic rings. The maximum absolute atomic E-state index is 12.9. The SMILES string of the molecule is CCCCN(C)C(=O)c1cc(C2CC2)nc2c1c(C)nn2C. The first-order valence-corrected chi connectivity index (χ1v) is 8.12. The first-order valence-electron chi connectivity index (χ1n) is 8.12. The van der Waals surface area contributed by atoms with E-state index in [4.69, 9.17) is 4.98 Å². The first kappa shape index (κ1) is 15.0. The van der Waals surface area contributed by atoms with Crippen molar-refractivity contribution in [1.29, 1.82) is 0 Å². The van der Waals surface area contributed by atoms with E-state index in [9.17, 15) is 4.79 Å². The lowest BCUT2D eigenvalue weighted by Crippen LogP contribution is -2.28. The predicted molar refractivity (Wildman–Crippen MR) is 87.1 cm³/mol. The van der Waals surface area contributed by atoms with Crippen LogP contribution in [0.3, 0.4) is 0 Å². The molecule has 5 nitrogen and oxygen atoms in total. The van der Waals surface area contributed by atoms with Crippen molar-refractivity contribution in [1.82, 2.24) is 19.7 Å². The molecule has 0 unspecified atom stereocenters. The zero-order valence-corrected chi connectivity index (χ0v) is 13.9. The smallest absolute Gasteiger partial charge is 0.254 e. The van der Waals surface area contributed by atoms with Gasteiger partial charge in [0.2, 0.25) is 0 Å². The van der Waals surface area contributed by atoms with Gasteiger partial charge < -0.3 is 4.90 Å². The van der Waals surface area contributed by atoms with E-state index >= 15 is 0 Å². The topological polar surface area (TPSA) is 51.0 Å². The lowest BCUT2D eigenvalue weighted by atomic mass is 10.1. The highest BCUT2D eigenvalue weighted by atomic mass is 16.2. The Bertz CT molecular complexity index is 715. The lowest BCUT2D eigenvalue weighted by Gasteiger charge is -2.18. The van der Waals surface area contributed by atoms with E-state index in [2.05, 4.69) is 12.0 Å². The van der Waals surface area contributed by atoms with E-state index in [-0.39, 0.29) is 5.91 Å². The summed E-state index contributed by atoms with van der Waals surface area (Å²) in [7, 11) is 3.78. The number of hydrogen-bond donors (Lipinski definition) is 0. The van der Waals surface area contributed by atoms with Gasteiger partial charge in [-0.2, -0.15) is 5.10 Å². The maximum atomic E-state index is 12.9. The zero-order valence-electron chi connectivity index (χ0n) is 13.9. The number of amides is 1. The molecule has 0 bridgehead atoms. The number of aromatic nitrogens is 3. The van der Waals surface area contributed by atoms with Gasteiger partial charge in [0.05, 0.1) is 16.6 Å². The van der Waals surface area contributed by atoms with Crippen molar-refractivity contribution in [3.8, 4) is 0 Å². The summed E-state index contributed by atoms with van der Waals surface area (Å²) in [6.07, 6.45) is 4.46. The Kier molecular flexibility index (Phi) is 3.89. The third-order valence-electron chi connectivity index (χ3n) is 4.41. The second-order valence-electron chi connectivity index (χ2n) is 6.36. The van der Waals surface area contributed by atoms with Gasteiger partial charge in [0.15, 0.2) is 5.65 Å². The average Bonchev–Trinajstić information content (AvgIpc) is 3.31. The van der Waals surface area contributed by atoms with Gasteiger partial charge in [-0.1, -0.05) is 13.3 Å². The summed E-state index contributed by atoms with van der Waals surface area (Å²) in [5, 5.41) is 5.36. The number of hydrogen-bond acceptors (Lipinski definition) is 3. The van der Waals surface area contributed by atoms with Crippen LogP contribution in [0.15, 0.2) is 6.07 Å². The molecule has 0 aromatic carbocycles. The van der Waals surface area contributed by atoms with E-state index in [0.717, 1.165) is 47.4 Å². The normalized spacial score (nSPS) is 14.5. The fraction of sp³-hybridized carbons (Fsp3) is 0.588. The van der Waals surface area contributed by atoms with Gasteiger partial charge in [-0.25, -0.2) is 4.98 Å². The molecule has 1 aliphatic carbocycles. The Hall–Kier alpha value is -1.91. The number of rotatable bonds is 5. The molecule has 2 heterocycles. The number of fused-ring (bicyclic) bond motifs is 1. The predicted octanol–water partition coefficient (Wildman–Crippen LogP) is 3.03.